The molecule has 0 aliphatic carbocycles. The van der Waals surface area contributed by atoms with E-state index < -0.39 is 0 Å². The van der Waals surface area contributed by atoms with Gasteiger partial charge >= 0.3 is 0 Å². The first-order valence-corrected chi connectivity index (χ1v) is 7.72. The summed E-state index contributed by atoms with van der Waals surface area (Å²) in [6.45, 7) is 12.0. The molecule has 1 fully saturated rings. The fourth-order valence-electron chi connectivity index (χ4n) is 2.49. The summed E-state index contributed by atoms with van der Waals surface area (Å²) in [5, 5.41) is 0. The first-order chi connectivity index (χ1) is 9.78. The molecule has 20 heavy (non-hydrogen) atoms. The molecule has 110 valence electrons. The van der Waals surface area contributed by atoms with E-state index in [1.807, 2.05) is 32.1 Å². The van der Waals surface area contributed by atoms with Crippen molar-refractivity contribution in [2.75, 3.05) is 18.0 Å². The van der Waals surface area contributed by atoms with Crippen LogP contribution in [-0.4, -0.2) is 19.4 Å². The van der Waals surface area contributed by atoms with Crippen LogP contribution in [0.2, 0.25) is 0 Å². The molecule has 1 saturated heterocycles. The average Bonchev–Trinajstić information content (AvgIpc) is 2.47. The van der Waals surface area contributed by atoms with Gasteiger partial charge < -0.3 is 4.90 Å². The molecular formula is C18H27NO. The lowest BCUT2D eigenvalue weighted by molar-refractivity contribution is 0.112. The van der Waals surface area contributed by atoms with Crippen LogP contribution in [0.5, 0.6) is 0 Å². The van der Waals surface area contributed by atoms with E-state index >= 15 is 0 Å². The number of benzene rings is 1. The van der Waals surface area contributed by atoms with Crippen LogP contribution in [0.3, 0.4) is 0 Å². The minimum absolute atomic E-state index is 0.757. The minimum atomic E-state index is 0.757. The molecule has 1 heterocycles. The van der Waals surface area contributed by atoms with E-state index in [0.717, 1.165) is 49.4 Å². The summed E-state index contributed by atoms with van der Waals surface area (Å²) in [5.41, 5.74) is 3.22. The normalized spacial score (nSPS) is 14.1. The van der Waals surface area contributed by atoms with Gasteiger partial charge in [0.15, 0.2) is 6.29 Å². The predicted octanol–water partition coefficient (Wildman–Crippen LogP) is 4.49. The molecule has 2 rings (SSSR count). The van der Waals surface area contributed by atoms with Crippen LogP contribution in [0, 0.1) is 5.92 Å². The van der Waals surface area contributed by atoms with Crippen molar-refractivity contribution in [3.05, 3.63) is 42.0 Å². The van der Waals surface area contributed by atoms with Crippen LogP contribution < -0.4 is 4.90 Å². The third kappa shape index (κ3) is 3.96. The lowest BCUT2D eigenvalue weighted by Crippen LogP contribution is -2.47. The maximum atomic E-state index is 11.1. The van der Waals surface area contributed by atoms with Crippen molar-refractivity contribution in [1.82, 2.24) is 0 Å². The highest BCUT2D eigenvalue weighted by atomic mass is 16.1. The minimum Gasteiger partial charge on any atom is -0.370 e. The van der Waals surface area contributed by atoms with Crippen LogP contribution in [0.15, 0.2) is 30.9 Å². The Balaban J connectivity index is 0.000000956. The zero-order valence-electron chi connectivity index (χ0n) is 13.1. The first-order valence-electron chi connectivity index (χ1n) is 7.72. The Kier molecular flexibility index (Phi) is 7.06. The summed E-state index contributed by atoms with van der Waals surface area (Å²) < 4.78 is 0. The summed E-state index contributed by atoms with van der Waals surface area (Å²) in [6.07, 6.45) is 6.26. The Hall–Kier alpha value is -1.57. The van der Waals surface area contributed by atoms with Crippen molar-refractivity contribution in [2.24, 2.45) is 5.92 Å². The number of hydrogen-bond acceptors (Lipinski definition) is 2. The fraction of sp³-hybridized carbons (Fsp3) is 0.500. The van der Waals surface area contributed by atoms with Crippen LogP contribution in [-0.2, 0) is 6.42 Å². The molecule has 0 radical (unpaired) electrons. The number of anilines is 1. The number of aryl methyl sites for hydroxylation is 1. The third-order valence-electron chi connectivity index (χ3n) is 3.71. The smallest absolute Gasteiger partial charge is 0.152 e. The molecule has 0 spiro atoms. The van der Waals surface area contributed by atoms with E-state index in [1.54, 1.807) is 0 Å². The topological polar surface area (TPSA) is 20.3 Å². The molecule has 1 aromatic rings. The van der Waals surface area contributed by atoms with Crippen molar-refractivity contribution in [2.45, 2.75) is 40.0 Å². The maximum Gasteiger partial charge on any atom is 0.152 e. The highest BCUT2D eigenvalue weighted by molar-refractivity contribution is 5.85. The maximum absolute atomic E-state index is 11.1. The Labute approximate surface area is 123 Å². The van der Waals surface area contributed by atoms with Gasteiger partial charge in [-0.2, -0.15) is 0 Å². The van der Waals surface area contributed by atoms with Gasteiger partial charge in [-0.05, 0) is 42.9 Å². The van der Waals surface area contributed by atoms with E-state index in [2.05, 4.69) is 24.5 Å². The lowest BCUT2D eigenvalue weighted by Gasteiger charge is -2.42. The number of nitrogens with zero attached hydrogens (tertiary/aromatic N) is 1. The molecule has 0 bridgehead atoms. The van der Waals surface area contributed by atoms with Gasteiger partial charge in [0, 0.05) is 24.3 Å². The van der Waals surface area contributed by atoms with E-state index in [9.17, 15) is 4.79 Å². The van der Waals surface area contributed by atoms with E-state index in [4.69, 9.17) is 0 Å². The summed E-state index contributed by atoms with van der Waals surface area (Å²) >= 11 is 0. The van der Waals surface area contributed by atoms with Gasteiger partial charge in [0.05, 0.1) is 0 Å². The van der Waals surface area contributed by atoms with Gasteiger partial charge in [0.2, 0.25) is 0 Å². The molecular weight excluding hydrogens is 246 g/mol. The number of aldehydes is 1. The van der Waals surface area contributed by atoms with Crippen LogP contribution in [0.25, 0.3) is 0 Å². The number of allylic oxidation sites excluding steroid dienone is 1. The summed E-state index contributed by atoms with van der Waals surface area (Å²) in [5.74, 6) is 0.757. The van der Waals surface area contributed by atoms with Gasteiger partial charge in [-0.3, -0.25) is 4.79 Å². The molecule has 0 atom stereocenters. The molecule has 0 saturated carbocycles. The predicted molar refractivity (Wildman–Crippen MR) is 87.7 cm³/mol. The second kappa shape index (κ2) is 8.57. The first kappa shape index (κ1) is 16.5. The molecule has 0 N–H and O–H groups in total. The molecule has 1 aromatic carbocycles. The summed E-state index contributed by atoms with van der Waals surface area (Å²) in [7, 11) is 0. The van der Waals surface area contributed by atoms with Crippen LogP contribution in [0.1, 0.15) is 49.5 Å². The molecule has 2 heteroatoms. The number of rotatable bonds is 6. The van der Waals surface area contributed by atoms with Gasteiger partial charge in [-0.25, -0.2) is 0 Å². The van der Waals surface area contributed by atoms with E-state index in [1.165, 1.54) is 12.0 Å². The molecule has 0 unspecified atom stereocenters. The van der Waals surface area contributed by atoms with E-state index in [-0.39, 0.29) is 0 Å². The molecule has 1 aliphatic rings. The van der Waals surface area contributed by atoms with Gasteiger partial charge in [-0.1, -0.05) is 32.9 Å². The standard InChI is InChI=1S/C16H21NO.C2H6/c1-3-5-6-14-10-17(11-14)16-9-13(4-2)7-8-15(16)12-18;1-2/h3,7-9,12,14H,1,4-6,10-11H2,2H3;1-2H3. The van der Waals surface area contributed by atoms with Gasteiger partial charge in [-0.15, -0.1) is 6.58 Å². The summed E-state index contributed by atoms with van der Waals surface area (Å²) in [4.78, 5) is 13.4. The third-order valence-corrected chi connectivity index (χ3v) is 3.71. The molecule has 1 aliphatic heterocycles. The monoisotopic (exact) mass is 273 g/mol. The Morgan fingerprint density at radius 1 is 1.35 bits per heavy atom. The van der Waals surface area contributed by atoms with Crippen LogP contribution >= 0.6 is 0 Å². The van der Waals surface area contributed by atoms with Crippen molar-refractivity contribution in [1.29, 1.82) is 0 Å². The zero-order valence-corrected chi connectivity index (χ0v) is 13.1. The lowest BCUT2D eigenvalue weighted by atomic mass is 9.92. The second-order valence-corrected chi connectivity index (χ2v) is 5.00. The van der Waals surface area contributed by atoms with Crippen molar-refractivity contribution >= 4 is 12.0 Å². The quantitative estimate of drug-likeness (QED) is 0.562. The molecule has 0 aromatic heterocycles. The van der Waals surface area contributed by atoms with Gasteiger partial charge in [0.1, 0.15) is 0 Å². The highest BCUT2D eigenvalue weighted by Gasteiger charge is 2.27. The zero-order chi connectivity index (χ0) is 15.0. The number of carbonyl (C=O) groups excluding carboxylic acids is 1. The van der Waals surface area contributed by atoms with Gasteiger partial charge in [0.25, 0.3) is 0 Å². The van der Waals surface area contributed by atoms with Crippen LogP contribution in [0.4, 0.5) is 5.69 Å². The second-order valence-electron chi connectivity index (χ2n) is 5.00. The highest BCUT2D eigenvalue weighted by Crippen LogP contribution is 2.30. The summed E-state index contributed by atoms with van der Waals surface area (Å²) in [6, 6.07) is 6.15. The average molecular weight is 273 g/mol. The fourth-order valence-corrected chi connectivity index (χ4v) is 2.49. The van der Waals surface area contributed by atoms with E-state index in [0.29, 0.717) is 0 Å². The molecule has 0 amide bonds. The van der Waals surface area contributed by atoms with Crippen molar-refractivity contribution < 1.29 is 4.79 Å². The number of carbonyl (C=O) groups is 1. The Bertz CT molecular complexity index is 433. The Morgan fingerprint density at radius 2 is 2.05 bits per heavy atom. The number of hydrogen-bond donors (Lipinski definition) is 0. The SMILES string of the molecule is C=CCCC1CN(c2cc(CC)ccc2C=O)C1.CC. The van der Waals surface area contributed by atoms with Crippen molar-refractivity contribution in [3.63, 3.8) is 0 Å². The molecule has 2 nitrogen and oxygen atoms in total. The van der Waals surface area contributed by atoms with Crippen molar-refractivity contribution in [3.8, 4) is 0 Å². The largest absolute Gasteiger partial charge is 0.370 e. The Morgan fingerprint density at radius 3 is 2.60 bits per heavy atom.